The molecule has 23 heavy (non-hydrogen) atoms. The number of amides is 1. The first-order valence-corrected chi connectivity index (χ1v) is 8.18. The number of hydrogen-bond acceptors (Lipinski definition) is 2. The molecule has 0 aromatic heterocycles. The lowest BCUT2D eigenvalue weighted by Gasteiger charge is -2.16. The molecular formula is C18H20Cl2N2O. The van der Waals surface area contributed by atoms with Gasteiger partial charge in [-0.3, -0.25) is 4.79 Å². The number of nitrogens with one attached hydrogen (secondary N) is 2. The molecular weight excluding hydrogens is 331 g/mol. The molecule has 1 amide bonds. The number of carbonyl (C=O) groups is 1. The molecule has 1 atom stereocenters. The first-order chi connectivity index (χ1) is 10.9. The lowest BCUT2D eigenvalue weighted by molar-refractivity contribution is -0.115. The summed E-state index contributed by atoms with van der Waals surface area (Å²) in [5.41, 5.74) is 3.96. The summed E-state index contributed by atoms with van der Waals surface area (Å²) in [5, 5.41) is 7.27. The molecule has 0 aliphatic carbocycles. The third-order valence-corrected chi connectivity index (χ3v) is 4.22. The fourth-order valence-electron chi connectivity index (χ4n) is 2.36. The molecule has 2 N–H and O–H groups in total. The van der Waals surface area contributed by atoms with Gasteiger partial charge in [0, 0.05) is 21.8 Å². The number of rotatable bonds is 5. The smallest absolute Gasteiger partial charge is 0.238 e. The molecule has 0 bridgehead atoms. The summed E-state index contributed by atoms with van der Waals surface area (Å²) < 4.78 is 0. The summed E-state index contributed by atoms with van der Waals surface area (Å²) in [6.45, 7) is 6.16. The van der Waals surface area contributed by atoms with Gasteiger partial charge in [-0.25, -0.2) is 0 Å². The Hall–Kier alpha value is -1.55. The highest BCUT2D eigenvalue weighted by molar-refractivity contribution is 6.35. The maximum atomic E-state index is 12.1. The van der Waals surface area contributed by atoms with Crippen LogP contribution in [-0.4, -0.2) is 12.5 Å². The van der Waals surface area contributed by atoms with Crippen LogP contribution in [0.15, 0.2) is 36.4 Å². The van der Waals surface area contributed by atoms with Gasteiger partial charge in [-0.2, -0.15) is 0 Å². The van der Waals surface area contributed by atoms with Crippen molar-refractivity contribution in [2.24, 2.45) is 0 Å². The van der Waals surface area contributed by atoms with Crippen molar-refractivity contribution in [1.29, 1.82) is 0 Å². The number of carbonyl (C=O) groups excluding carboxylic acids is 1. The summed E-state index contributed by atoms with van der Waals surface area (Å²) in [6, 6.07) is 11.2. The molecule has 0 fully saturated rings. The second kappa shape index (κ2) is 7.82. The van der Waals surface area contributed by atoms with Crippen LogP contribution in [0, 0.1) is 13.8 Å². The minimum atomic E-state index is -0.0890. The summed E-state index contributed by atoms with van der Waals surface area (Å²) in [4.78, 5) is 12.1. The van der Waals surface area contributed by atoms with Gasteiger partial charge in [0.1, 0.15) is 0 Å². The molecule has 0 unspecified atom stereocenters. The SMILES string of the molecule is Cc1ccc(NC(=O)CN[C@H](C)c2ccc(Cl)cc2Cl)c(C)c1. The zero-order valence-electron chi connectivity index (χ0n) is 13.4. The fourth-order valence-corrected chi connectivity index (χ4v) is 2.93. The van der Waals surface area contributed by atoms with E-state index in [4.69, 9.17) is 23.2 Å². The van der Waals surface area contributed by atoms with Crippen molar-refractivity contribution in [1.82, 2.24) is 5.32 Å². The molecule has 2 aromatic rings. The van der Waals surface area contributed by atoms with Gasteiger partial charge < -0.3 is 10.6 Å². The van der Waals surface area contributed by atoms with Crippen LogP contribution in [0.3, 0.4) is 0 Å². The largest absolute Gasteiger partial charge is 0.325 e. The number of benzene rings is 2. The quantitative estimate of drug-likeness (QED) is 0.804. The van der Waals surface area contributed by atoms with Gasteiger partial charge in [-0.15, -0.1) is 0 Å². The van der Waals surface area contributed by atoms with Crippen LogP contribution in [-0.2, 0) is 4.79 Å². The van der Waals surface area contributed by atoms with Crippen LogP contribution in [0.1, 0.15) is 29.7 Å². The highest BCUT2D eigenvalue weighted by Crippen LogP contribution is 2.26. The van der Waals surface area contributed by atoms with Crippen molar-refractivity contribution in [3.63, 3.8) is 0 Å². The van der Waals surface area contributed by atoms with E-state index < -0.39 is 0 Å². The fraction of sp³-hybridized carbons (Fsp3) is 0.278. The zero-order chi connectivity index (χ0) is 17.0. The summed E-state index contributed by atoms with van der Waals surface area (Å²) in [5.74, 6) is -0.0890. The number of halogens is 2. The maximum Gasteiger partial charge on any atom is 0.238 e. The second-order valence-electron chi connectivity index (χ2n) is 5.63. The van der Waals surface area contributed by atoms with Crippen molar-refractivity contribution in [2.45, 2.75) is 26.8 Å². The average molecular weight is 351 g/mol. The minimum absolute atomic E-state index is 0.0513. The third-order valence-electron chi connectivity index (χ3n) is 3.65. The van der Waals surface area contributed by atoms with Crippen LogP contribution in [0.5, 0.6) is 0 Å². The Morgan fingerprint density at radius 2 is 1.87 bits per heavy atom. The molecule has 3 nitrogen and oxygen atoms in total. The predicted octanol–water partition coefficient (Wildman–Crippen LogP) is 4.90. The van der Waals surface area contributed by atoms with E-state index in [1.165, 1.54) is 5.56 Å². The highest BCUT2D eigenvalue weighted by Gasteiger charge is 2.12. The summed E-state index contributed by atoms with van der Waals surface area (Å²) >= 11 is 12.1. The summed E-state index contributed by atoms with van der Waals surface area (Å²) in [7, 11) is 0. The molecule has 122 valence electrons. The third kappa shape index (κ3) is 4.96. The van der Waals surface area contributed by atoms with Gasteiger partial charge in [-0.05, 0) is 50.1 Å². The lowest BCUT2D eigenvalue weighted by Crippen LogP contribution is -2.30. The first kappa shape index (κ1) is 17.8. The predicted molar refractivity (Wildman–Crippen MR) is 97.4 cm³/mol. The van der Waals surface area contributed by atoms with E-state index in [1.807, 2.05) is 45.0 Å². The average Bonchev–Trinajstić information content (AvgIpc) is 2.48. The van der Waals surface area contributed by atoms with Crippen molar-refractivity contribution in [2.75, 3.05) is 11.9 Å². The van der Waals surface area contributed by atoms with Crippen molar-refractivity contribution in [3.05, 3.63) is 63.1 Å². The van der Waals surface area contributed by atoms with Crippen molar-refractivity contribution < 1.29 is 4.79 Å². The molecule has 2 aromatic carbocycles. The molecule has 0 saturated heterocycles. The number of aryl methyl sites for hydroxylation is 2. The summed E-state index contributed by atoms with van der Waals surface area (Å²) in [6.07, 6.45) is 0. The molecule has 5 heteroatoms. The van der Waals surface area contributed by atoms with E-state index in [1.54, 1.807) is 12.1 Å². The molecule has 0 radical (unpaired) electrons. The Balaban J connectivity index is 1.93. The molecule has 0 spiro atoms. The van der Waals surface area contributed by atoms with Crippen LogP contribution < -0.4 is 10.6 Å². The Kier molecular flexibility index (Phi) is 6.05. The van der Waals surface area contributed by atoms with Gasteiger partial charge in [-0.1, -0.05) is 47.0 Å². The maximum absolute atomic E-state index is 12.1. The van der Waals surface area contributed by atoms with Gasteiger partial charge >= 0.3 is 0 Å². The van der Waals surface area contributed by atoms with E-state index in [-0.39, 0.29) is 18.5 Å². The monoisotopic (exact) mass is 350 g/mol. The van der Waals surface area contributed by atoms with E-state index >= 15 is 0 Å². The van der Waals surface area contributed by atoms with Crippen LogP contribution in [0.4, 0.5) is 5.69 Å². The van der Waals surface area contributed by atoms with Gasteiger partial charge in [0.05, 0.1) is 6.54 Å². The lowest BCUT2D eigenvalue weighted by atomic mass is 10.1. The minimum Gasteiger partial charge on any atom is -0.325 e. The molecule has 0 aliphatic rings. The topological polar surface area (TPSA) is 41.1 Å². The van der Waals surface area contributed by atoms with E-state index in [0.29, 0.717) is 10.0 Å². The number of hydrogen-bond donors (Lipinski definition) is 2. The van der Waals surface area contributed by atoms with Crippen LogP contribution in [0.25, 0.3) is 0 Å². The Morgan fingerprint density at radius 3 is 2.52 bits per heavy atom. The van der Waals surface area contributed by atoms with E-state index in [0.717, 1.165) is 16.8 Å². The number of anilines is 1. The molecule has 0 aliphatic heterocycles. The first-order valence-electron chi connectivity index (χ1n) is 7.42. The van der Waals surface area contributed by atoms with Crippen molar-refractivity contribution >= 4 is 34.8 Å². The van der Waals surface area contributed by atoms with Crippen molar-refractivity contribution in [3.8, 4) is 0 Å². The van der Waals surface area contributed by atoms with Gasteiger partial charge in [0.15, 0.2) is 0 Å². The van der Waals surface area contributed by atoms with E-state index in [2.05, 4.69) is 10.6 Å². The van der Waals surface area contributed by atoms with E-state index in [9.17, 15) is 4.79 Å². The zero-order valence-corrected chi connectivity index (χ0v) is 14.9. The Morgan fingerprint density at radius 1 is 1.13 bits per heavy atom. The Labute approximate surface area is 147 Å². The highest BCUT2D eigenvalue weighted by atomic mass is 35.5. The molecule has 0 heterocycles. The Bertz CT molecular complexity index is 716. The normalized spacial score (nSPS) is 12.0. The molecule has 0 saturated carbocycles. The van der Waals surface area contributed by atoms with Gasteiger partial charge in [0.25, 0.3) is 0 Å². The van der Waals surface area contributed by atoms with Crippen LogP contribution >= 0.6 is 23.2 Å². The van der Waals surface area contributed by atoms with Crippen LogP contribution in [0.2, 0.25) is 10.0 Å². The second-order valence-corrected chi connectivity index (χ2v) is 6.48. The molecule has 2 rings (SSSR count). The van der Waals surface area contributed by atoms with Gasteiger partial charge in [0.2, 0.25) is 5.91 Å². The standard InChI is InChI=1S/C18H20Cl2N2O/c1-11-4-7-17(12(2)8-11)22-18(23)10-21-13(3)15-6-5-14(19)9-16(15)20/h4-9,13,21H,10H2,1-3H3,(H,22,23)/t13-/m1/s1.